The minimum absolute atomic E-state index is 0.449. The van der Waals surface area contributed by atoms with Gasteiger partial charge in [-0.2, -0.15) is 0 Å². The van der Waals surface area contributed by atoms with Crippen molar-refractivity contribution in [2.75, 3.05) is 0 Å². The van der Waals surface area contributed by atoms with Crippen LogP contribution in [0.15, 0.2) is 36.4 Å². The lowest BCUT2D eigenvalue weighted by Crippen LogP contribution is -2.13. The van der Waals surface area contributed by atoms with E-state index in [0.717, 1.165) is 11.8 Å². The van der Waals surface area contributed by atoms with Crippen LogP contribution in [0.4, 0.5) is 0 Å². The Morgan fingerprint density at radius 2 is 2.53 bits per heavy atom. The third-order valence-corrected chi connectivity index (χ3v) is 1.88. The molecule has 0 radical (unpaired) electrons. The highest BCUT2D eigenvalue weighted by molar-refractivity contribution is 5.09. The van der Waals surface area contributed by atoms with E-state index in [4.69, 9.17) is 0 Å². The highest BCUT2D eigenvalue weighted by Crippen LogP contribution is 2.00. The van der Waals surface area contributed by atoms with Crippen LogP contribution < -0.4 is 5.32 Å². The molecule has 0 aromatic carbocycles. The lowest BCUT2D eigenvalue weighted by Gasteiger charge is -2.05. The molecule has 0 aliphatic carbocycles. The lowest BCUT2D eigenvalue weighted by atomic mass is 10.2. The molecule has 0 unspecified atom stereocenters. The van der Waals surface area contributed by atoms with Crippen molar-refractivity contribution in [1.29, 1.82) is 0 Å². The second-order valence-electron chi connectivity index (χ2n) is 3.01. The maximum Gasteiger partial charge on any atom is 0.253 e. The fraction of sp³-hybridized carbons (Fsp3) is 0.300. The Bertz CT molecular complexity index is 349. The first-order valence-corrected chi connectivity index (χ1v) is 4.69. The average Bonchev–Trinajstić information content (AvgIpc) is 2.25. The molecule has 0 fully saturated rings. The molecule has 0 amide bonds. The van der Waals surface area contributed by atoms with E-state index in [9.17, 15) is 10.1 Å². The van der Waals surface area contributed by atoms with Crippen LogP contribution in [0.25, 0.3) is 0 Å². The van der Waals surface area contributed by atoms with Gasteiger partial charge < -0.3 is 5.32 Å². The minimum atomic E-state index is -0.449. The molecule has 1 aromatic heterocycles. The Morgan fingerprint density at radius 1 is 1.73 bits per heavy atom. The highest BCUT2D eigenvalue weighted by atomic mass is 16.6. The molecular formula is C10H13N3O2. The summed E-state index contributed by atoms with van der Waals surface area (Å²) in [7, 11) is 0. The molecule has 5 nitrogen and oxygen atoms in total. The van der Waals surface area contributed by atoms with Gasteiger partial charge in [-0.3, -0.25) is 15.1 Å². The first-order valence-electron chi connectivity index (χ1n) is 4.69. The van der Waals surface area contributed by atoms with Gasteiger partial charge in [-0.1, -0.05) is 13.0 Å². The van der Waals surface area contributed by atoms with E-state index in [-0.39, 0.29) is 0 Å². The first kappa shape index (κ1) is 11.2. The zero-order valence-corrected chi connectivity index (χ0v) is 8.51. The molecule has 0 bridgehead atoms. The largest absolute Gasteiger partial charge is 0.379 e. The van der Waals surface area contributed by atoms with Gasteiger partial charge in [-0.25, -0.2) is 0 Å². The summed E-state index contributed by atoms with van der Waals surface area (Å²) in [6, 6.07) is 3.75. The zero-order valence-electron chi connectivity index (χ0n) is 8.51. The molecule has 0 aliphatic rings. The summed E-state index contributed by atoms with van der Waals surface area (Å²) in [6.07, 6.45) is 5.03. The maximum atomic E-state index is 10.3. The summed E-state index contributed by atoms with van der Waals surface area (Å²) in [5.41, 5.74) is 1.61. The van der Waals surface area contributed by atoms with E-state index in [1.54, 1.807) is 12.4 Å². The third-order valence-electron chi connectivity index (χ3n) is 1.88. The maximum absolute atomic E-state index is 10.3. The van der Waals surface area contributed by atoms with Gasteiger partial charge in [0, 0.05) is 18.9 Å². The van der Waals surface area contributed by atoms with Gasteiger partial charge >= 0.3 is 0 Å². The SMILES string of the molecule is CC/C(=C\[N+](=O)[O-])NCc1cccnc1. The van der Waals surface area contributed by atoms with Crippen molar-refractivity contribution in [2.45, 2.75) is 19.9 Å². The van der Waals surface area contributed by atoms with Crippen molar-refractivity contribution >= 4 is 0 Å². The van der Waals surface area contributed by atoms with E-state index in [1.807, 2.05) is 19.1 Å². The summed E-state index contributed by atoms with van der Waals surface area (Å²) in [6.45, 7) is 2.42. The van der Waals surface area contributed by atoms with Gasteiger partial charge in [0.25, 0.3) is 6.20 Å². The van der Waals surface area contributed by atoms with E-state index >= 15 is 0 Å². The summed E-state index contributed by atoms with van der Waals surface area (Å²) < 4.78 is 0. The quantitative estimate of drug-likeness (QED) is 0.589. The van der Waals surface area contributed by atoms with Crippen molar-refractivity contribution in [2.24, 2.45) is 0 Å². The molecule has 0 aliphatic heterocycles. The number of allylic oxidation sites excluding steroid dienone is 1. The molecule has 5 heteroatoms. The van der Waals surface area contributed by atoms with Crippen LogP contribution in [0.3, 0.4) is 0 Å². The van der Waals surface area contributed by atoms with Crippen LogP contribution in [0, 0.1) is 10.1 Å². The third kappa shape index (κ3) is 4.21. The number of nitrogens with zero attached hydrogens (tertiary/aromatic N) is 2. The van der Waals surface area contributed by atoms with Crippen LogP contribution in [-0.4, -0.2) is 9.91 Å². The van der Waals surface area contributed by atoms with Crippen molar-refractivity contribution in [3.05, 3.63) is 52.1 Å². The molecule has 1 heterocycles. The van der Waals surface area contributed by atoms with Crippen LogP contribution in [-0.2, 0) is 6.54 Å². The van der Waals surface area contributed by atoms with Gasteiger partial charge in [0.1, 0.15) is 0 Å². The number of nitrogens with one attached hydrogen (secondary N) is 1. The molecule has 0 spiro atoms. The molecule has 1 N–H and O–H groups in total. The fourth-order valence-electron chi connectivity index (χ4n) is 1.11. The molecule has 80 valence electrons. The van der Waals surface area contributed by atoms with E-state index in [0.29, 0.717) is 18.7 Å². The molecule has 0 saturated carbocycles. The topological polar surface area (TPSA) is 68.1 Å². The Kier molecular flexibility index (Phi) is 4.28. The number of hydrogen-bond donors (Lipinski definition) is 1. The molecule has 0 atom stereocenters. The Balaban J connectivity index is 2.52. The standard InChI is InChI=1S/C10H13N3O2/c1-2-10(8-13(14)15)12-7-9-4-3-5-11-6-9/h3-6,8,12H,2,7H2,1H3/b10-8+. The normalized spacial score (nSPS) is 11.1. The van der Waals surface area contributed by atoms with Gasteiger partial charge in [-0.15, -0.1) is 0 Å². The number of hydrogen-bond acceptors (Lipinski definition) is 4. The summed E-state index contributed by atoms with van der Waals surface area (Å²) in [5.74, 6) is 0. The number of pyridine rings is 1. The highest BCUT2D eigenvalue weighted by Gasteiger charge is 1.99. The molecule has 1 aromatic rings. The van der Waals surface area contributed by atoms with E-state index in [2.05, 4.69) is 10.3 Å². The van der Waals surface area contributed by atoms with Gasteiger partial charge in [-0.05, 0) is 18.1 Å². The van der Waals surface area contributed by atoms with Crippen LogP contribution in [0.1, 0.15) is 18.9 Å². The second kappa shape index (κ2) is 5.74. The molecular weight excluding hydrogens is 194 g/mol. The number of rotatable bonds is 5. The number of aromatic nitrogens is 1. The van der Waals surface area contributed by atoms with Crippen molar-refractivity contribution < 1.29 is 4.92 Å². The Hall–Kier alpha value is -1.91. The fourth-order valence-corrected chi connectivity index (χ4v) is 1.11. The lowest BCUT2D eigenvalue weighted by molar-refractivity contribution is -0.403. The minimum Gasteiger partial charge on any atom is -0.379 e. The monoisotopic (exact) mass is 207 g/mol. The molecule has 15 heavy (non-hydrogen) atoms. The Morgan fingerprint density at radius 3 is 3.07 bits per heavy atom. The van der Waals surface area contributed by atoms with Gasteiger partial charge in [0.2, 0.25) is 0 Å². The van der Waals surface area contributed by atoms with Crippen LogP contribution >= 0.6 is 0 Å². The van der Waals surface area contributed by atoms with Gasteiger partial charge in [0.05, 0.1) is 10.6 Å². The summed E-state index contributed by atoms with van der Waals surface area (Å²) in [5, 5.41) is 13.3. The predicted molar refractivity (Wildman–Crippen MR) is 56.4 cm³/mol. The smallest absolute Gasteiger partial charge is 0.253 e. The van der Waals surface area contributed by atoms with Crippen LogP contribution in [0.5, 0.6) is 0 Å². The van der Waals surface area contributed by atoms with E-state index in [1.165, 1.54) is 0 Å². The molecule has 0 saturated heterocycles. The first-order chi connectivity index (χ1) is 7.22. The van der Waals surface area contributed by atoms with Crippen molar-refractivity contribution in [1.82, 2.24) is 10.3 Å². The second-order valence-corrected chi connectivity index (χ2v) is 3.01. The molecule has 1 rings (SSSR count). The summed E-state index contributed by atoms with van der Waals surface area (Å²) >= 11 is 0. The zero-order chi connectivity index (χ0) is 11.1. The Labute approximate surface area is 88.0 Å². The van der Waals surface area contributed by atoms with Gasteiger partial charge in [0.15, 0.2) is 0 Å². The van der Waals surface area contributed by atoms with E-state index < -0.39 is 4.92 Å². The van der Waals surface area contributed by atoms with Crippen LogP contribution in [0.2, 0.25) is 0 Å². The average molecular weight is 207 g/mol. The van der Waals surface area contributed by atoms with Crippen molar-refractivity contribution in [3.8, 4) is 0 Å². The summed E-state index contributed by atoms with van der Waals surface area (Å²) in [4.78, 5) is 13.8. The predicted octanol–water partition coefficient (Wildman–Crippen LogP) is 1.70. The number of nitro groups is 1. The van der Waals surface area contributed by atoms with Crippen molar-refractivity contribution in [3.63, 3.8) is 0 Å².